The lowest BCUT2D eigenvalue weighted by atomic mass is 10.2. The Balaban J connectivity index is 1.87. The minimum Gasteiger partial charge on any atom is -0.323 e. The number of rotatable bonds is 5. The van der Waals surface area contributed by atoms with Crippen molar-refractivity contribution < 1.29 is 9.18 Å². The number of benzene rings is 2. The Morgan fingerprint density at radius 3 is 2.65 bits per heavy atom. The van der Waals surface area contributed by atoms with Crippen molar-refractivity contribution in [1.82, 2.24) is 9.55 Å². The van der Waals surface area contributed by atoms with E-state index in [1.165, 1.54) is 28.5 Å². The molecule has 134 valence electrons. The van der Waals surface area contributed by atoms with Crippen LogP contribution < -0.4 is 10.9 Å². The van der Waals surface area contributed by atoms with Crippen molar-refractivity contribution in [3.05, 3.63) is 64.7 Å². The summed E-state index contributed by atoms with van der Waals surface area (Å²) < 4.78 is 15.2. The molecule has 2 aromatic carbocycles. The number of para-hydroxylation sites is 2. The highest BCUT2D eigenvalue weighted by Gasteiger charge is 2.22. The summed E-state index contributed by atoms with van der Waals surface area (Å²) in [4.78, 5) is 29.5. The average molecular weight is 371 g/mol. The van der Waals surface area contributed by atoms with Crippen LogP contribution in [0.4, 0.5) is 10.1 Å². The van der Waals surface area contributed by atoms with E-state index in [1.807, 2.05) is 13.0 Å². The smallest absolute Gasteiger partial charge is 0.261 e. The highest BCUT2D eigenvalue weighted by molar-refractivity contribution is 8.00. The molecule has 7 heteroatoms. The van der Waals surface area contributed by atoms with E-state index in [-0.39, 0.29) is 17.2 Å². The lowest BCUT2D eigenvalue weighted by molar-refractivity contribution is -0.115. The van der Waals surface area contributed by atoms with Crippen LogP contribution in [0.15, 0.2) is 58.5 Å². The van der Waals surface area contributed by atoms with Crippen molar-refractivity contribution >= 4 is 34.3 Å². The fraction of sp³-hybridized carbons (Fsp3) is 0.211. The Morgan fingerprint density at radius 2 is 1.92 bits per heavy atom. The lowest BCUT2D eigenvalue weighted by Crippen LogP contribution is -2.27. The summed E-state index contributed by atoms with van der Waals surface area (Å²) in [6.45, 7) is 1.86. The molecular formula is C19H18FN3O2S. The number of amides is 1. The molecule has 26 heavy (non-hydrogen) atoms. The second kappa shape index (κ2) is 7.70. The molecule has 1 unspecified atom stereocenters. The van der Waals surface area contributed by atoms with Gasteiger partial charge in [0.15, 0.2) is 5.16 Å². The van der Waals surface area contributed by atoms with Crippen molar-refractivity contribution in [2.75, 3.05) is 5.32 Å². The molecule has 1 amide bonds. The molecule has 0 bridgehead atoms. The van der Waals surface area contributed by atoms with Gasteiger partial charge in [0.2, 0.25) is 5.91 Å². The van der Waals surface area contributed by atoms with E-state index in [2.05, 4.69) is 10.3 Å². The Hall–Kier alpha value is -2.67. The Kier molecular flexibility index (Phi) is 5.37. The van der Waals surface area contributed by atoms with Crippen LogP contribution >= 0.6 is 11.8 Å². The SMILES string of the molecule is CCC(Sc1nc2ccccc2c(=O)n1C)C(=O)Nc1ccccc1F. The van der Waals surface area contributed by atoms with Crippen molar-refractivity contribution in [3.8, 4) is 0 Å². The Labute approximate surface area is 154 Å². The van der Waals surface area contributed by atoms with Gasteiger partial charge in [-0.05, 0) is 30.7 Å². The quantitative estimate of drug-likeness (QED) is 0.550. The van der Waals surface area contributed by atoms with Gasteiger partial charge in [-0.15, -0.1) is 0 Å². The number of nitrogens with one attached hydrogen (secondary N) is 1. The molecule has 0 saturated carbocycles. The van der Waals surface area contributed by atoms with E-state index in [4.69, 9.17) is 0 Å². The van der Waals surface area contributed by atoms with Crippen LogP contribution in [0, 0.1) is 5.82 Å². The fourth-order valence-corrected chi connectivity index (χ4v) is 3.51. The maximum atomic E-state index is 13.8. The van der Waals surface area contributed by atoms with E-state index in [0.717, 1.165) is 0 Å². The molecule has 0 radical (unpaired) electrons. The molecule has 0 aliphatic heterocycles. The summed E-state index contributed by atoms with van der Waals surface area (Å²) >= 11 is 1.19. The minimum atomic E-state index is -0.506. The second-order valence-electron chi connectivity index (χ2n) is 5.76. The number of carbonyl (C=O) groups is 1. The first-order valence-corrected chi connectivity index (χ1v) is 9.07. The first-order valence-electron chi connectivity index (χ1n) is 8.19. The fourth-order valence-electron chi connectivity index (χ4n) is 2.53. The van der Waals surface area contributed by atoms with Crippen LogP contribution in [0.5, 0.6) is 0 Å². The van der Waals surface area contributed by atoms with Crippen LogP contribution in [0.2, 0.25) is 0 Å². The molecule has 3 aromatic rings. The predicted molar refractivity (Wildman–Crippen MR) is 102 cm³/mol. The third-order valence-corrected chi connectivity index (χ3v) is 5.39. The van der Waals surface area contributed by atoms with Crippen molar-refractivity contribution in [1.29, 1.82) is 0 Å². The van der Waals surface area contributed by atoms with Gasteiger partial charge < -0.3 is 5.32 Å². The van der Waals surface area contributed by atoms with Gasteiger partial charge in [-0.3, -0.25) is 14.2 Å². The zero-order valence-corrected chi connectivity index (χ0v) is 15.2. The van der Waals surface area contributed by atoms with Crippen molar-refractivity contribution in [2.45, 2.75) is 23.8 Å². The average Bonchev–Trinajstić information content (AvgIpc) is 2.65. The first kappa shape index (κ1) is 18.1. The monoisotopic (exact) mass is 371 g/mol. The molecule has 1 heterocycles. The van der Waals surface area contributed by atoms with Crippen LogP contribution in [0.1, 0.15) is 13.3 Å². The van der Waals surface area contributed by atoms with E-state index >= 15 is 0 Å². The molecule has 0 aliphatic rings. The topological polar surface area (TPSA) is 64.0 Å². The number of anilines is 1. The third kappa shape index (κ3) is 3.62. The summed E-state index contributed by atoms with van der Waals surface area (Å²) in [6.07, 6.45) is 0.508. The van der Waals surface area contributed by atoms with Gasteiger partial charge in [-0.2, -0.15) is 0 Å². The molecule has 1 aromatic heterocycles. The number of aromatic nitrogens is 2. The largest absolute Gasteiger partial charge is 0.323 e. The summed E-state index contributed by atoms with van der Waals surface area (Å²) in [6, 6.07) is 13.1. The molecule has 5 nitrogen and oxygen atoms in total. The van der Waals surface area contributed by atoms with Gasteiger partial charge in [0.25, 0.3) is 5.56 Å². The maximum absolute atomic E-state index is 13.8. The van der Waals surface area contributed by atoms with E-state index in [0.29, 0.717) is 22.5 Å². The zero-order chi connectivity index (χ0) is 18.7. The Morgan fingerprint density at radius 1 is 1.23 bits per heavy atom. The van der Waals surface area contributed by atoms with Gasteiger partial charge in [0.1, 0.15) is 5.82 Å². The maximum Gasteiger partial charge on any atom is 0.261 e. The molecule has 0 saturated heterocycles. The van der Waals surface area contributed by atoms with Crippen LogP contribution in [0.25, 0.3) is 10.9 Å². The molecular weight excluding hydrogens is 353 g/mol. The summed E-state index contributed by atoms with van der Waals surface area (Å²) in [5, 5.41) is 3.08. The molecule has 1 N–H and O–H groups in total. The highest BCUT2D eigenvalue weighted by atomic mass is 32.2. The Bertz CT molecular complexity index is 1020. The number of nitrogens with zero attached hydrogens (tertiary/aromatic N) is 2. The predicted octanol–water partition coefficient (Wildman–Crippen LogP) is 3.58. The standard InChI is InChI=1S/C19H18FN3O2S/c1-3-16(17(24)21-15-11-7-5-9-13(15)20)26-19-22-14-10-6-4-8-12(14)18(25)23(19)2/h4-11,16H,3H2,1-2H3,(H,21,24). The summed E-state index contributed by atoms with van der Waals surface area (Å²) in [5.41, 5.74) is 0.557. The number of thioether (sulfide) groups is 1. The number of hydrogen-bond acceptors (Lipinski definition) is 4. The number of halogens is 1. The number of fused-ring (bicyclic) bond motifs is 1. The van der Waals surface area contributed by atoms with E-state index in [1.54, 1.807) is 37.4 Å². The number of carbonyl (C=O) groups excluding carboxylic acids is 1. The highest BCUT2D eigenvalue weighted by Crippen LogP contribution is 2.25. The molecule has 0 fully saturated rings. The summed E-state index contributed by atoms with van der Waals surface area (Å²) in [7, 11) is 1.63. The zero-order valence-electron chi connectivity index (χ0n) is 14.4. The second-order valence-corrected chi connectivity index (χ2v) is 6.93. The molecule has 0 spiro atoms. The van der Waals surface area contributed by atoms with Gasteiger partial charge in [-0.1, -0.05) is 43.0 Å². The summed E-state index contributed by atoms with van der Waals surface area (Å²) in [5.74, 6) is -0.818. The molecule has 0 aliphatic carbocycles. The minimum absolute atomic E-state index is 0.136. The van der Waals surface area contributed by atoms with Gasteiger partial charge in [-0.25, -0.2) is 9.37 Å². The molecule has 1 atom stereocenters. The normalized spacial score (nSPS) is 12.1. The molecule has 3 rings (SSSR count). The van der Waals surface area contributed by atoms with Crippen LogP contribution in [0.3, 0.4) is 0 Å². The van der Waals surface area contributed by atoms with E-state index < -0.39 is 11.1 Å². The third-order valence-electron chi connectivity index (χ3n) is 3.98. The van der Waals surface area contributed by atoms with Crippen LogP contribution in [-0.2, 0) is 11.8 Å². The van der Waals surface area contributed by atoms with Gasteiger partial charge >= 0.3 is 0 Å². The number of hydrogen-bond donors (Lipinski definition) is 1. The van der Waals surface area contributed by atoms with E-state index in [9.17, 15) is 14.0 Å². The van der Waals surface area contributed by atoms with Crippen molar-refractivity contribution in [3.63, 3.8) is 0 Å². The van der Waals surface area contributed by atoms with Crippen LogP contribution in [-0.4, -0.2) is 20.7 Å². The van der Waals surface area contributed by atoms with Gasteiger partial charge in [0, 0.05) is 7.05 Å². The van der Waals surface area contributed by atoms with Crippen molar-refractivity contribution in [2.24, 2.45) is 7.05 Å². The lowest BCUT2D eigenvalue weighted by Gasteiger charge is -2.16. The van der Waals surface area contributed by atoms with Gasteiger partial charge in [0.05, 0.1) is 21.8 Å². The first-order chi connectivity index (χ1) is 12.5.